The van der Waals surface area contributed by atoms with Crippen molar-refractivity contribution in [1.29, 1.82) is 0 Å². The highest BCUT2D eigenvalue weighted by Crippen LogP contribution is 2.46. The van der Waals surface area contributed by atoms with Gasteiger partial charge in [-0.2, -0.15) is 13.2 Å². The van der Waals surface area contributed by atoms with E-state index in [1.807, 2.05) is 13.8 Å². The number of rotatable bonds is 3. The van der Waals surface area contributed by atoms with Gasteiger partial charge in [0.2, 0.25) is 0 Å². The Hall–Kier alpha value is -1.53. The number of aliphatic hydroxyl groups is 1. The summed E-state index contributed by atoms with van der Waals surface area (Å²) in [7, 11) is 0. The zero-order chi connectivity index (χ0) is 19.9. The molecule has 0 radical (unpaired) electrons. The summed E-state index contributed by atoms with van der Waals surface area (Å²) in [6.45, 7) is 3.69. The topological polar surface area (TPSA) is 20.2 Å². The fraction of sp³-hybridized carbons (Fsp3) is 0.200. The van der Waals surface area contributed by atoms with Crippen LogP contribution in [0.5, 0.6) is 0 Å². The van der Waals surface area contributed by atoms with E-state index in [-0.39, 0.29) is 4.88 Å². The van der Waals surface area contributed by atoms with Crippen LogP contribution in [0.4, 0.5) is 13.2 Å². The lowest BCUT2D eigenvalue weighted by Gasteiger charge is -2.12. The number of benzene rings is 2. The van der Waals surface area contributed by atoms with Crippen LogP contribution in [-0.2, 0) is 0 Å². The Labute approximate surface area is 169 Å². The van der Waals surface area contributed by atoms with E-state index in [9.17, 15) is 18.3 Å². The highest BCUT2D eigenvalue weighted by molar-refractivity contribution is 7.16. The number of hydrogen-bond acceptors (Lipinski definition) is 2. The Morgan fingerprint density at radius 3 is 1.85 bits per heavy atom. The molecule has 0 fully saturated rings. The van der Waals surface area contributed by atoms with Crippen molar-refractivity contribution in [3.63, 3.8) is 0 Å². The van der Waals surface area contributed by atoms with Crippen LogP contribution >= 0.6 is 34.5 Å². The highest BCUT2D eigenvalue weighted by Gasteiger charge is 2.41. The van der Waals surface area contributed by atoms with Gasteiger partial charge in [0, 0.05) is 25.4 Å². The largest absolute Gasteiger partial charge is 0.419 e. The van der Waals surface area contributed by atoms with Crippen LogP contribution in [0.15, 0.2) is 42.5 Å². The summed E-state index contributed by atoms with van der Waals surface area (Å²) in [5.74, 6) is 0. The smallest absolute Gasteiger partial charge is 0.379 e. The number of halogens is 5. The summed E-state index contributed by atoms with van der Waals surface area (Å²) in [6.07, 6.45) is -7.26. The lowest BCUT2D eigenvalue weighted by molar-refractivity contribution is -0.205. The number of hydrogen-bond donors (Lipinski definition) is 1. The van der Waals surface area contributed by atoms with Gasteiger partial charge in [-0.3, -0.25) is 0 Å². The van der Waals surface area contributed by atoms with Crippen LogP contribution in [0.25, 0.3) is 21.6 Å². The fourth-order valence-corrected chi connectivity index (χ4v) is 4.65. The maximum absolute atomic E-state index is 13.1. The maximum atomic E-state index is 13.1. The van der Waals surface area contributed by atoms with Crippen molar-refractivity contribution in [2.45, 2.75) is 26.1 Å². The monoisotopic (exact) mass is 430 g/mol. The first kappa shape index (κ1) is 20.2. The molecule has 1 unspecified atom stereocenters. The summed E-state index contributed by atoms with van der Waals surface area (Å²) < 4.78 is 39.2. The van der Waals surface area contributed by atoms with Gasteiger partial charge in [-0.25, -0.2) is 0 Å². The van der Waals surface area contributed by atoms with Gasteiger partial charge in [0.25, 0.3) is 0 Å². The average Bonchev–Trinajstić information content (AvgIpc) is 2.97. The molecule has 1 heterocycles. The average molecular weight is 431 g/mol. The van der Waals surface area contributed by atoms with Crippen molar-refractivity contribution in [3.05, 3.63) is 68.5 Å². The van der Waals surface area contributed by atoms with Crippen LogP contribution in [0.3, 0.4) is 0 Å². The number of aryl methyl sites for hydroxylation is 2. The van der Waals surface area contributed by atoms with E-state index in [0.29, 0.717) is 20.5 Å². The lowest BCUT2D eigenvalue weighted by atomic mass is 9.96. The van der Waals surface area contributed by atoms with Crippen molar-refractivity contribution in [1.82, 2.24) is 0 Å². The van der Waals surface area contributed by atoms with Crippen molar-refractivity contribution in [2.75, 3.05) is 0 Å². The molecule has 0 aliphatic carbocycles. The van der Waals surface area contributed by atoms with Gasteiger partial charge in [0.15, 0.2) is 6.10 Å². The van der Waals surface area contributed by atoms with Crippen LogP contribution in [0.1, 0.15) is 22.1 Å². The van der Waals surface area contributed by atoms with Gasteiger partial charge in [0.05, 0.1) is 0 Å². The quantitative estimate of drug-likeness (QED) is 0.453. The van der Waals surface area contributed by atoms with E-state index in [4.69, 9.17) is 23.2 Å². The molecule has 0 aliphatic heterocycles. The minimum Gasteiger partial charge on any atom is -0.379 e. The summed E-state index contributed by atoms with van der Waals surface area (Å²) in [5.41, 5.74) is 3.83. The van der Waals surface area contributed by atoms with Crippen molar-refractivity contribution < 1.29 is 18.3 Å². The first-order chi connectivity index (χ1) is 12.6. The van der Waals surface area contributed by atoms with Crippen molar-refractivity contribution in [2.24, 2.45) is 0 Å². The molecule has 27 heavy (non-hydrogen) atoms. The standard InChI is InChI=1S/C20H15Cl2F3OS/c1-10-7-12(21)3-5-14(10)16-9-17(19(26)20(23,24)25)27-18(16)15-6-4-13(22)8-11(15)2/h3-9,19,26H,1-2H3. The predicted molar refractivity (Wildman–Crippen MR) is 106 cm³/mol. The molecule has 1 aromatic heterocycles. The third kappa shape index (κ3) is 4.16. The molecule has 1 nitrogen and oxygen atoms in total. The summed E-state index contributed by atoms with van der Waals surface area (Å²) in [5, 5.41) is 10.9. The second kappa shape index (κ2) is 7.47. The Morgan fingerprint density at radius 2 is 1.37 bits per heavy atom. The Balaban J connectivity index is 2.25. The molecule has 3 aromatic rings. The summed E-state index contributed by atoms with van der Waals surface area (Å²) >= 11 is 13.0. The maximum Gasteiger partial charge on any atom is 0.419 e. The van der Waals surface area contributed by atoms with Crippen molar-refractivity contribution in [3.8, 4) is 21.6 Å². The SMILES string of the molecule is Cc1cc(Cl)ccc1-c1cc(C(O)C(F)(F)F)sc1-c1ccc(Cl)cc1C. The van der Waals surface area contributed by atoms with E-state index in [0.717, 1.165) is 33.6 Å². The van der Waals surface area contributed by atoms with Gasteiger partial charge < -0.3 is 5.11 Å². The van der Waals surface area contributed by atoms with Crippen LogP contribution in [-0.4, -0.2) is 11.3 Å². The Bertz CT molecular complexity index is 926. The molecule has 1 atom stereocenters. The van der Waals surface area contributed by atoms with Gasteiger partial charge in [-0.1, -0.05) is 35.3 Å². The van der Waals surface area contributed by atoms with Gasteiger partial charge in [-0.05, 0) is 66.4 Å². The summed E-state index contributed by atoms with van der Waals surface area (Å²) in [6, 6.07) is 11.9. The molecule has 2 aromatic carbocycles. The van der Waals surface area contributed by atoms with E-state index in [1.165, 1.54) is 6.07 Å². The molecule has 0 amide bonds. The van der Waals surface area contributed by atoms with E-state index < -0.39 is 12.3 Å². The molecule has 0 saturated carbocycles. The molecule has 3 rings (SSSR count). The second-order valence-electron chi connectivity index (χ2n) is 6.25. The van der Waals surface area contributed by atoms with Crippen molar-refractivity contribution >= 4 is 34.5 Å². The van der Waals surface area contributed by atoms with Crippen LogP contribution < -0.4 is 0 Å². The van der Waals surface area contributed by atoms with Crippen LogP contribution in [0, 0.1) is 13.8 Å². The normalized spacial score (nSPS) is 13.0. The molecule has 0 spiro atoms. The molecule has 0 aliphatic rings. The zero-order valence-corrected chi connectivity index (χ0v) is 16.7. The first-order valence-electron chi connectivity index (χ1n) is 7.99. The lowest BCUT2D eigenvalue weighted by Crippen LogP contribution is -2.18. The number of thiophene rings is 1. The minimum absolute atomic E-state index is 0.156. The Morgan fingerprint density at radius 1 is 0.852 bits per heavy atom. The third-order valence-electron chi connectivity index (χ3n) is 4.24. The molecule has 7 heteroatoms. The molecular formula is C20H15Cl2F3OS. The second-order valence-corrected chi connectivity index (χ2v) is 8.21. The highest BCUT2D eigenvalue weighted by atomic mass is 35.5. The number of aliphatic hydroxyl groups excluding tert-OH is 1. The molecule has 1 N–H and O–H groups in total. The molecule has 142 valence electrons. The van der Waals surface area contributed by atoms with E-state index in [2.05, 4.69) is 0 Å². The molecule has 0 saturated heterocycles. The van der Waals surface area contributed by atoms with Gasteiger partial charge in [0.1, 0.15) is 0 Å². The predicted octanol–water partition coefficient (Wildman–Crippen LogP) is 7.60. The minimum atomic E-state index is -4.73. The third-order valence-corrected chi connectivity index (χ3v) is 5.93. The summed E-state index contributed by atoms with van der Waals surface area (Å²) in [4.78, 5) is 0.490. The Kier molecular flexibility index (Phi) is 5.59. The van der Waals surface area contributed by atoms with Gasteiger partial charge in [-0.15, -0.1) is 11.3 Å². The zero-order valence-electron chi connectivity index (χ0n) is 14.4. The van der Waals surface area contributed by atoms with E-state index in [1.54, 1.807) is 36.4 Å². The van der Waals surface area contributed by atoms with E-state index >= 15 is 0 Å². The molecule has 0 bridgehead atoms. The molecular weight excluding hydrogens is 416 g/mol. The first-order valence-corrected chi connectivity index (χ1v) is 9.56. The fourth-order valence-electron chi connectivity index (χ4n) is 2.92. The van der Waals surface area contributed by atoms with Crippen LogP contribution in [0.2, 0.25) is 10.0 Å². The van der Waals surface area contributed by atoms with Gasteiger partial charge >= 0.3 is 6.18 Å². The number of alkyl halides is 3.